The Bertz CT molecular complexity index is 842. The van der Waals surface area contributed by atoms with Crippen molar-refractivity contribution in [2.75, 3.05) is 10.6 Å². The lowest BCUT2D eigenvalue weighted by atomic mass is 10.1. The molecule has 7 heteroatoms. The summed E-state index contributed by atoms with van der Waals surface area (Å²) in [4.78, 5) is 23.0. The van der Waals surface area contributed by atoms with Crippen LogP contribution in [0.25, 0.3) is 5.57 Å². The lowest BCUT2D eigenvalue weighted by molar-refractivity contribution is -0.131. The van der Waals surface area contributed by atoms with E-state index in [1.54, 1.807) is 55.5 Å². The highest BCUT2D eigenvalue weighted by Gasteiger charge is 2.07. The first-order valence-corrected chi connectivity index (χ1v) is 7.39. The average Bonchev–Trinajstić information content (AvgIpc) is 2.54. The van der Waals surface area contributed by atoms with Crippen LogP contribution in [0.5, 0.6) is 0 Å². The van der Waals surface area contributed by atoms with Crippen molar-refractivity contribution in [1.29, 1.82) is 5.41 Å². The van der Waals surface area contributed by atoms with Gasteiger partial charge in [0.1, 0.15) is 0 Å². The van der Waals surface area contributed by atoms with Gasteiger partial charge in [-0.15, -0.1) is 0 Å². The monoisotopic (exact) mass is 338 g/mol. The van der Waals surface area contributed by atoms with E-state index >= 15 is 0 Å². The number of carboxylic acids is 1. The summed E-state index contributed by atoms with van der Waals surface area (Å²) in [5, 5.41) is 21.4. The second-order valence-corrected chi connectivity index (χ2v) is 5.32. The predicted molar refractivity (Wildman–Crippen MR) is 97.7 cm³/mol. The van der Waals surface area contributed by atoms with E-state index in [0.717, 1.165) is 11.6 Å². The zero-order chi connectivity index (χ0) is 18.4. The Morgan fingerprint density at radius 2 is 1.72 bits per heavy atom. The van der Waals surface area contributed by atoms with E-state index in [1.807, 2.05) is 0 Å². The Morgan fingerprint density at radius 1 is 1.04 bits per heavy atom. The first-order valence-electron chi connectivity index (χ1n) is 7.39. The molecule has 0 aliphatic rings. The maximum absolute atomic E-state index is 12.3. The van der Waals surface area contributed by atoms with Gasteiger partial charge >= 0.3 is 5.97 Å². The summed E-state index contributed by atoms with van der Waals surface area (Å²) in [6.45, 7) is 1.70. The van der Waals surface area contributed by atoms with E-state index in [-0.39, 0.29) is 11.9 Å². The van der Waals surface area contributed by atoms with Crippen LogP contribution in [0.2, 0.25) is 0 Å². The third kappa shape index (κ3) is 5.21. The molecule has 0 spiro atoms. The van der Waals surface area contributed by atoms with Crippen LogP contribution in [-0.4, -0.2) is 22.9 Å². The molecule has 6 N–H and O–H groups in total. The average molecular weight is 338 g/mol. The van der Waals surface area contributed by atoms with Crippen molar-refractivity contribution in [3.63, 3.8) is 0 Å². The number of allylic oxidation sites excluding steroid dienone is 1. The predicted octanol–water partition coefficient (Wildman–Crippen LogP) is 2.73. The van der Waals surface area contributed by atoms with Crippen molar-refractivity contribution in [2.24, 2.45) is 5.73 Å². The van der Waals surface area contributed by atoms with Crippen molar-refractivity contribution in [2.45, 2.75) is 6.92 Å². The van der Waals surface area contributed by atoms with Gasteiger partial charge in [-0.2, -0.15) is 0 Å². The highest BCUT2D eigenvalue weighted by atomic mass is 16.4. The van der Waals surface area contributed by atoms with Crippen LogP contribution in [0.1, 0.15) is 22.8 Å². The van der Waals surface area contributed by atoms with Gasteiger partial charge in [-0.3, -0.25) is 10.2 Å². The van der Waals surface area contributed by atoms with E-state index in [2.05, 4.69) is 10.6 Å². The van der Waals surface area contributed by atoms with Crippen molar-refractivity contribution < 1.29 is 14.7 Å². The van der Waals surface area contributed by atoms with Crippen LogP contribution < -0.4 is 16.4 Å². The normalized spacial score (nSPS) is 10.8. The lowest BCUT2D eigenvalue weighted by Gasteiger charge is -2.09. The van der Waals surface area contributed by atoms with E-state index < -0.39 is 5.97 Å². The third-order valence-electron chi connectivity index (χ3n) is 3.34. The Hall–Kier alpha value is -3.61. The van der Waals surface area contributed by atoms with E-state index in [4.69, 9.17) is 16.2 Å². The quantitative estimate of drug-likeness (QED) is 0.325. The van der Waals surface area contributed by atoms with Gasteiger partial charge < -0.3 is 21.5 Å². The summed E-state index contributed by atoms with van der Waals surface area (Å²) < 4.78 is 0. The van der Waals surface area contributed by atoms with Gasteiger partial charge in [0.25, 0.3) is 5.91 Å². The number of benzene rings is 2. The molecule has 0 atom stereocenters. The summed E-state index contributed by atoms with van der Waals surface area (Å²) >= 11 is 0. The summed E-state index contributed by atoms with van der Waals surface area (Å²) in [6.07, 6.45) is 1.13. The summed E-state index contributed by atoms with van der Waals surface area (Å²) in [7, 11) is 0. The number of aliphatic carboxylic acids is 1. The first-order chi connectivity index (χ1) is 11.8. The molecule has 0 aliphatic carbocycles. The molecule has 0 heterocycles. The SMILES string of the molecule is C/C(=C/C(=O)O)c1ccc(NC(=O)c2cccc(NC(=N)N)c2)cc1. The van der Waals surface area contributed by atoms with Gasteiger partial charge in [0, 0.05) is 23.0 Å². The van der Waals surface area contributed by atoms with Gasteiger partial charge in [0.15, 0.2) is 5.96 Å². The number of carbonyl (C=O) groups is 2. The van der Waals surface area contributed by atoms with Gasteiger partial charge in [-0.05, 0) is 48.4 Å². The molecule has 0 saturated carbocycles. The number of rotatable bonds is 5. The molecule has 0 saturated heterocycles. The molecule has 2 aromatic rings. The van der Waals surface area contributed by atoms with Crippen LogP contribution in [0.15, 0.2) is 54.6 Å². The zero-order valence-electron chi connectivity index (χ0n) is 13.5. The number of hydrogen-bond acceptors (Lipinski definition) is 3. The summed E-state index contributed by atoms with van der Waals surface area (Å²) in [5.74, 6) is -1.52. The first kappa shape index (κ1) is 17.7. The van der Waals surface area contributed by atoms with Crippen LogP contribution in [-0.2, 0) is 4.79 Å². The number of anilines is 2. The van der Waals surface area contributed by atoms with Crippen molar-refractivity contribution in [3.05, 3.63) is 65.7 Å². The fourth-order valence-electron chi connectivity index (χ4n) is 2.18. The molecule has 1 amide bonds. The molecule has 128 valence electrons. The summed E-state index contributed by atoms with van der Waals surface area (Å²) in [6, 6.07) is 13.5. The third-order valence-corrected chi connectivity index (χ3v) is 3.34. The van der Waals surface area contributed by atoms with Crippen LogP contribution in [0.3, 0.4) is 0 Å². The van der Waals surface area contributed by atoms with Crippen molar-refractivity contribution >= 4 is 34.8 Å². The van der Waals surface area contributed by atoms with Gasteiger partial charge in [0.05, 0.1) is 0 Å². The zero-order valence-corrected chi connectivity index (χ0v) is 13.5. The van der Waals surface area contributed by atoms with Crippen molar-refractivity contribution in [3.8, 4) is 0 Å². The molecule has 0 bridgehead atoms. The van der Waals surface area contributed by atoms with Gasteiger partial charge in [-0.1, -0.05) is 18.2 Å². The molecule has 7 nitrogen and oxygen atoms in total. The Morgan fingerprint density at radius 3 is 2.32 bits per heavy atom. The fraction of sp³-hybridized carbons (Fsp3) is 0.0556. The smallest absolute Gasteiger partial charge is 0.328 e. The molecule has 0 unspecified atom stereocenters. The van der Waals surface area contributed by atoms with Crippen LogP contribution in [0.4, 0.5) is 11.4 Å². The maximum Gasteiger partial charge on any atom is 0.328 e. The number of amides is 1. The Labute approximate surface area is 144 Å². The topological polar surface area (TPSA) is 128 Å². The second-order valence-electron chi connectivity index (χ2n) is 5.32. The lowest BCUT2D eigenvalue weighted by Crippen LogP contribution is -2.20. The van der Waals surface area contributed by atoms with E-state index in [1.165, 1.54) is 0 Å². The molecule has 0 aromatic heterocycles. The molecule has 25 heavy (non-hydrogen) atoms. The molecule has 0 aliphatic heterocycles. The molecular formula is C18H18N4O3. The Kier molecular flexibility index (Phi) is 5.52. The van der Waals surface area contributed by atoms with E-state index in [0.29, 0.717) is 22.5 Å². The minimum atomic E-state index is -1.01. The van der Waals surface area contributed by atoms with Gasteiger partial charge in [0.2, 0.25) is 0 Å². The van der Waals surface area contributed by atoms with Gasteiger partial charge in [-0.25, -0.2) is 4.79 Å². The number of nitrogens with two attached hydrogens (primary N) is 1. The number of carbonyl (C=O) groups excluding carboxylic acids is 1. The van der Waals surface area contributed by atoms with Crippen molar-refractivity contribution in [1.82, 2.24) is 0 Å². The largest absolute Gasteiger partial charge is 0.478 e. The molecule has 2 aromatic carbocycles. The summed E-state index contributed by atoms with van der Waals surface area (Å²) in [5.41, 5.74) is 8.19. The minimum Gasteiger partial charge on any atom is -0.478 e. The highest BCUT2D eigenvalue weighted by molar-refractivity contribution is 6.05. The number of carboxylic acid groups (broad SMARTS) is 1. The maximum atomic E-state index is 12.3. The molecule has 2 rings (SSSR count). The number of hydrogen-bond donors (Lipinski definition) is 5. The highest BCUT2D eigenvalue weighted by Crippen LogP contribution is 2.18. The van der Waals surface area contributed by atoms with Crippen LogP contribution in [0, 0.1) is 5.41 Å². The number of nitrogens with one attached hydrogen (secondary N) is 3. The number of guanidine groups is 1. The van der Waals surface area contributed by atoms with Crippen LogP contribution >= 0.6 is 0 Å². The standard InChI is InChI=1S/C18H18N4O3/c1-11(9-16(23)24)12-5-7-14(8-6-12)21-17(25)13-3-2-4-15(10-13)22-18(19)20/h2-10H,1H3,(H,21,25)(H,23,24)(H4,19,20,22)/b11-9-. The fourth-order valence-corrected chi connectivity index (χ4v) is 2.18. The minimum absolute atomic E-state index is 0.210. The molecular weight excluding hydrogens is 320 g/mol. The molecule has 0 radical (unpaired) electrons. The van der Waals surface area contributed by atoms with E-state index in [9.17, 15) is 9.59 Å². The Balaban J connectivity index is 2.10. The second kappa shape index (κ2) is 7.78. The molecule has 0 fully saturated rings.